The number of amides is 1. The summed E-state index contributed by atoms with van der Waals surface area (Å²) in [5, 5.41) is 11.4. The number of aliphatic hydroxyl groups is 1. The van der Waals surface area contributed by atoms with Crippen LogP contribution in [0, 0.1) is 11.8 Å². The van der Waals surface area contributed by atoms with E-state index in [1.165, 1.54) is 18.7 Å². The van der Waals surface area contributed by atoms with Crippen molar-refractivity contribution in [3.05, 3.63) is 54.1 Å². The van der Waals surface area contributed by atoms with Gasteiger partial charge >= 0.3 is 0 Å². The van der Waals surface area contributed by atoms with E-state index in [4.69, 9.17) is 5.11 Å². The molecule has 0 bridgehead atoms. The van der Waals surface area contributed by atoms with E-state index in [0.717, 1.165) is 5.56 Å². The molecule has 0 radical (unpaired) electrons. The highest BCUT2D eigenvalue weighted by Gasteiger charge is 2.06. The summed E-state index contributed by atoms with van der Waals surface area (Å²) in [4.78, 5) is 19.4. The first-order valence-corrected chi connectivity index (χ1v) is 5.56. The van der Waals surface area contributed by atoms with Crippen molar-refractivity contribution >= 4 is 11.6 Å². The zero-order valence-electron chi connectivity index (χ0n) is 10.00. The van der Waals surface area contributed by atoms with Gasteiger partial charge in [-0.25, -0.2) is 9.97 Å². The van der Waals surface area contributed by atoms with E-state index >= 15 is 0 Å². The quantitative estimate of drug-likeness (QED) is 0.785. The van der Waals surface area contributed by atoms with Gasteiger partial charge in [0.1, 0.15) is 12.9 Å². The zero-order chi connectivity index (χ0) is 13.5. The number of rotatable bonds is 2. The summed E-state index contributed by atoms with van der Waals surface area (Å²) in [6.07, 6.45) is 4.25. The molecule has 2 rings (SSSR count). The molecule has 1 heterocycles. The van der Waals surface area contributed by atoms with Crippen LogP contribution in [0.15, 0.2) is 43.0 Å². The number of aromatic nitrogens is 2. The third-order valence-corrected chi connectivity index (χ3v) is 2.25. The standard InChI is InChI=1S/C14H11N3O2/c18-6-2-4-11-3-1-5-13(7-11)17-14(19)12-8-15-10-16-9-12/h1,3,5,7-10,18H,6H2,(H,17,19). The first-order chi connectivity index (χ1) is 9.29. The lowest BCUT2D eigenvalue weighted by molar-refractivity contribution is 0.102. The number of hydrogen-bond acceptors (Lipinski definition) is 4. The van der Waals surface area contributed by atoms with Crippen LogP contribution in [0.25, 0.3) is 0 Å². The van der Waals surface area contributed by atoms with E-state index in [1.54, 1.807) is 24.3 Å². The maximum absolute atomic E-state index is 11.9. The number of hydrogen-bond donors (Lipinski definition) is 2. The molecule has 94 valence electrons. The maximum Gasteiger partial charge on any atom is 0.258 e. The average molecular weight is 253 g/mol. The van der Waals surface area contributed by atoms with E-state index in [9.17, 15) is 4.79 Å². The highest BCUT2D eigenvalue weighted by Crippen LogP contribution is 2.11. The van der Waals surface area contributed by atoms with Gasteiger partial charge in [-0.1, -0.05) is 17.9 Å². The lowest BCUT2D eigenvalue weighted by Gasteiger charge is -2.04. The van der Waals surface area contributed by atoms with Crippen LogP contribution in [-0.2, 0) is 0 Å². The van der Waals surface area contributed by atoms with Crippen molar-refractivity contribution in [1.29, 1.82) is 0 Å². The second-order valence-electron chi connectivity index (χ2n) is 3.62. The first-order valence-electron chi connectivity index (χ1n) is 5.56. The molecule has 5 nitrogen and oxygen atoms in total. The average Bonchev–Trinajstić information content (AvgIpc) is 2.46. The van der Waals surface area contributed by atoms with E-state index in [-0.39, 0.29) is 12.5 Å². The Hall–Kier alpha value is -2.71. The van der Waals surface area contributed by atoms with Crippen LogP contribution in [0.5, 0.6) is 0 Å². The molecule has 0 saturated carbocycles. The Morgan fingerprint density at radius 3 is 2.84 bits per heavy atom. The van der Waals surface area contributed by atoms with Crippen LogP contribution in [0.1, 0.15) is 15.9 Å². The Morgan fingerprint density at radius 1 is 1.32 bits per heavy atom. The lowest BCUT2D eigenvalue weighted by Crippen LogP contribution is -2.12. The number of anilines is 1. The summed E-state index contributed by atoms with van der Waals surface area (Å²) in [5.41, 5.74) is 1.73. The van der Waals surface area contributed by atoms with Gasteiger partial charge in [0.2, 0.25) is 0 Å². The Labute approximate surface area is 110 Å². The summed E-state index contributed by atoms with van der Waals surface area (Å²) in [6.45, 7) is -0.196. The van der Waals surface area contributed by atoms with Crippen molar-refractivity contribution in [2.45, 2.75) is 0 Å². The minimum Gasteiger partial charge on any atom is -0.384 e. The molecule has 1 amide bonds. The van der Waals surface area contributed by atoms with Gasteiger partial charge in [0.15, 0.2) is 0 Å². The van der Waals surface area contributed by atoms with Crippen LogP contribution in [0.4, 0.5) is 5.69 Å². The molecular formula is C14H11N3O2. The summed E-state index contributed by atoms with van der Waals surface area (Å²) in [5.74, 6) is 5.04. The van der Waals surface area contributed by atoms with Crippen LogP contribution in [0.3, 0.4) is 0 Å². The highest BCUT2D eigenvalue weighted by molar-refractivity contribution is 6.03. The Kier molecular flexibility index (Phi) is 4.21. The lowest BCUT2D eigenvalue weighted by atomic mass is 10.2. The van der Waals surface area contributed by atoms with Gasteiger partial charge in [-0.05, 0) is 18.2 Å². The van der Waals surface area contributed by atoms with Gasteiger partial charge in [0, 0.05) is 23.6 Å². The fourth-order valence-corrected chi connectivity index (χ4v) is 1.44. The Bertz CT molecular complexity index is 630. The minimum absolute atomic E-state index is 0.196. The van der Waals surface area contributed by atoms with Gasteiger partial charge in [0.05, 0.1) is 5.56 Å². The molecule has 1 aromatic heterocycles. The summed E-state index contributed by atoms with van der Waals surface area (Å²) in [7, 11) is 0. The van der Waals surface area contributed by atoms with Gasteiger partial charge < -0.3 is 10.4 Å². The number of carbonyl (C=O) groups excluding carboxylic acids is 1. The first kappa shape index (κ1) is 12.7. The fraction of sp³-hybridized carbons (Fsp3) is 0.0714. The number of carbonyl (C=O) groups is 1. The van der Waals surface area contributed by atoms with Gasteiger partial charge in [-0.3, -0.25) is 4.79 Å². The SMILES string of the molecule is O=C(Nc1cccc(C#CCO)c1)c1cncnc1. The largest absolute Gasteiger partial charge is 0.384 e. The predicted octanol–water partition coefficient (Wildman–Crippen LogP) is 1.07. The molecule has 0 atom stereocenters. The molecule has 0 aliphatic rings. The number of nitrogens with one attached hydrogen (secondary N) is 1. The molecule has 5 heteroatoms. The molecule has 0 spiro atoms. The van der Waals surface area contributed by atoms with Crippen molar-refractivity contribution in [1.82, 2.24) is 9.97 Å². The molecule has 0 aliphatic heterocycles. The van der Waals surface area contributed by atoms with Crippen LogP contribution in [-0.4, -0.2) is 27.6 Å². The third-order valence-electron chi connectivity index (χ3n) is 2.25. The van der Waals surface area contributed by atoms with Crippen LogP contribution < -0.4 is 5.32 Å². The number of aliphatic hydroxyl groups excluding tert-OH is 1. The van der Waals surface area contributed by atoms with Gasteiger partial charge in [-0.15, -0.1) is 0 Å². The van der Waals surface area contributed by atoms with Crippen molar-refractivity contribution in [3.8, 4) is 11.8 Å². The topological polar surface area (TPSA) is 75.1 Å². The normalized spacial score (nSPS) is 9.32. The molecule has 1 aromatic carbocycles. The van der Waals surface area contributed by atoms with Crippen LogP contribution in [0.2, 0.25) is 0 Å². The smallest absolute Gasteiger partial charge is 0.258 e. The molecular weight excluding hydrogens is 242 g/mol. The second-order valence-corrected chi connectivity index (χ2v) is 3.62. The number of nitrogens with zero attached hydrogens (tertiary/aromatic N) is 2. The minimum atomic E-state index is -0.284. The van der Waals surface area contributed by atoms with Gasteiger partial charge in [-0.2, -0.15) is 0 Å². The van der Waals surface area contributed by atoms with Crippen molar-refractivity contribution in [3.63, 3.8) is 0 Å². The summed E-state index contributed by atoms with van der Waals surface area (Å²) < 4.78 is 0. The fourth-order valence-electron chi connectivity index (χ4n) is 1.44. The third kappa shape index (κ3) is 3.63. The van der Waals surface area contributed by atoms with Crippen LogP contribution >= 0.6 is 0 Å². The highest BCUT2D eigenvalue weighted by atomic mass is 16.2. The summed E-state index contributed by atoms with van der Waals surface area (Å²) >= 11 is 0. The molecule has 0 aliphatic carbocycles. The molecule has 19 heavy (non-hydrogen) atoms. The Balaban J connectivity index is 2.13. The van der Waals surface area contributed by atoms with Gasteiger partial charge in [0.25, 0.3) is 5.91 Å². The van der Waals surface area contributed by atoms with Crippen molar-refractivity contribution in [2.75, 3.05) is 11.9 Å². The van der Waals surface area contributed by atoms with E-state index in [2.05, 4.69) is 27.1 Å². The monoisotopic (exact) mass is 253 g/mol. The molecule has 2 N–H and O–H groups in total. The van der Waals surface area contributed by atoms with E-state index in [0.29, 0.717) is 11.3 Å². The maximum atomic E-state index is 11.9. The zero-order valence-corrected chi connectivity index (χ0v) is 10.00. The molecule has 2 aromatic rings. The predicted molar refractivity (Wildman–Crippen MR) is 70.4 cm³/mol. The van der Waals surface area contributed by atoms with E-state index in [1.807, 2.05) is 0 Å². The Morgan fingerprint density at radius 2 is 2.11 bits per heavy atom. The summed E-state index contributed by atoms with van der Waals surface area (Å²) in [6, 6.07) is 7.05. The van der Waals surface area contributed by atoms with Crippen molar-refractivity contribution < 1.29 is 9.90 Å². The van der Waals surface area contributed by atoms with Crippen molar-refractivity contribution in [2.24, 2.45) is 0 Å². The molecule has 0 unspecified atom stereocenters. The molecule has 0 saturated heterocycles. The molecule has 0 fully saturated rings. The van der Waals surface area contributed by atoms with E-state index < -0.39 is 0 Å². The second kappa shape index (κ2) is 6.28. The number of benzene rings is 1.